The monoisotopic (exact) mass is 248 g/mol. The molecule has 0 aliphatic heterocycles. The summed E-state index contributed by atoms with van der Waals surface area (Å²) >= 11 is 0. The van der Waals surface area contributed by atoms with Crippen molar-refractivity contribution in [3.05, 3.63) is 23.3 Å². The fraction of sp³-hybridized carbons (Fsp3) is 0.500. The molecule has 0 saturated heterocycles. The molecule has 0 saturated carbocycles. The minimum atomic E-state index is -0.790. The van der Waals surface area contributed by atoms with E-state index in [9.17, 15) is 4.79 Å². The molecule has 0 spiro atoms. The SMILES string of the molecule is Cc1cc(C)n2c(CC(C)CC(=O)O)nnc2n1. The van der Waals surface area contributed by atoms with Crippen LogP contribution in [0.3, 0.4) is 0 Å². The Kier molecular flexibility index (Phi) is 3.27. The van der Waals surface area contributed by atoms with E-state index in [1.807, 2.05) is 31.2 Å². The average Bonchev–Trinajstić information content (AvgIpc) is 2.59. The molecule has 2 aromatic rings. The Morgan fingerprint density at radius 2 is 2.17 bits per heavy atom. The quantitative estimate of drug-likeness (QED) is 0.884. The number of aryl methyl sites for hydroxylation is 2. The maximum atomic E-state index is 10.7. The summed E-state index contributed by atoms with van der Waals surface area (Å²) in [6.45, 7) is 5.77. The van der Waals surface area contributed by atoms with Crippen molar-refractivity contribution in [2.24, 2.45) is 5.92 Å². The van der Waals surface area contributed by atoms with Gasteiger partial charge in [0, 0.05) is 24.2 Å². The molecule has 18 heavy (non-hydrogen) atoms. The van der Waals surface area contributed by atoms with Crippen molar-refractivity contribution in [1.82, 2.24) is 19.6 Å². The molecule has 0 fully saturated rings. The van der Waals surface area contributed by atoms with Crippen molar-refractivity contribution in [3.8, 4) is 0 Å². The Hall–Kier alpha value is -1.98. The van der Waals surface area contributed by atoms with Crippen LogP contribution in [0.25, 0.3) is 5.78 Å². The van der Waals surface area contributed by atoms with E-state index >= 15 is 0 Å². The molecule has 0 aliphatic rings. The summed E-state index contributed by atoms with van der Waals surface area (Å²) < 4.78 is 1.88. The normalized spacial score (nSPS) is 12.8. The molecule has 6 heteroatoms. The molecular weight excluding hydrogens is 232 g/mol. The highest BCUT2D eigenvalue weighted by atomic mass is 16.4. The Labute approximate surface area is 105 Å². The maximum Gasteiger partial charge on any atom is 0.303 e. The maximum absolute atomic E-state index is 10.7. The van der Waals surface area contributed by atoms with Gasteiger partial charge >= 0.3 is 5.97 Å². The van der Waals surface area contributed by atoms with Crippen LogP contribution >= 0.6 is 0 Å². The molecule has 96 valence electrons. The molecule has 0 radical (unpaired) electrons. The van der Waals surface area contributed by atoms with E-state index in [0.29, 0.717) is 12.2 Å². The molecule has 2 aromatic heterocycles. The van der Waals surface area contributed by atoms with Crippen LogP contribution < -0.4 is 0 Å². The second-order valence-electron chi connectivity index (χ2n) is 4.70. The van der Waals surface area contributed by atoms with Gasteiger partial charge in [-0.2, -0.15) is 0 Å². The van der Waals surface area contributed by atoms with Crippen LogP contribution in [0.15, 0.2) is 6.07 Å². The molecule has 0 amide bonds. The van der Waals surface area contributed by atoms with E-state index in [4.69, 9.17) is 5.11 Å². The summed E-state index contributed by atoms with van der Waals surface area (Å²) in [6.07, 6.45) is 0.715. The van der Waals surface area contributed by atoms with Gasteiger partial charge in [-0.25, -0.2) is 4.98 Å². The predicted octanol–water partition coefficient (Wildman–Crippen LogP) is 1.39. The number of rotatable bonds is 4. The van der Waals surface area contributed by atoms with Crippen molar-refractivity contribution < 1.29 is 9.90 Å². The minimum Gasteiger partial charge on any atom is -0.481 e. The summed E-state index contributed by atoms with van der Waals surface area (Å²) in [5.41, 5.74) is 1.91. The Balaban J connectivity index is 2.32. The number of nitrogens with zero attached hydrogens (tertiary/aromatic N) is 4. The molecular formula is C12H16N4O2. The highest BCUT2D eigenvalue weighted by Crippen LogP contribution is 2.13. The third-order valence-corrected chi connectivity index (χ3v) is 2.81. The Bertz CT molecular complexity index is 591. The van der Waals surface area contributed by atoms with Gasteiger partial charge in [-0.3, -0.25) is 9.20 Å². The Morgan fingerprint density at radius 1 is 1.44 bits per heavy atom. The van der Waals surface area contributed by atoms with Crippen LogP contribution in [0, 0.1) is 19.8 Å². The van der Waals surface area contributed by atoms with Gasteiger partial charge in [0.15, 0.2) is 0 Å². The van der Waals surface area contributed by atoms with E-state index in [1.165, 1.54) is 0 Å². The zero-order chi connectivity index (χ0) is 13.3. The zero-order valence-electron chi connectivity index (χ0n) is 10.7. The fourth-order valence-corrected chi connectivity index (χ4v) is 2.11. The third-order valence-electron chi connectivity index (χ3n) is 2.81. The van der Waals surface area contributed by atoms with E-state index in [2.05, 4.69) is 15.2 Å². The van der Waals surface area contributed by atoms with Gasteiger partial charge in [-0.1, -0.05) is 6.92 Å². The first-order valence-corrected chi connectivity index (χ1v) is 5.87. The standard InChI is InChI=1S/C12H16N4O2/c1-7(5-11(17)18)4-10-14-15-12-13-8(2)6-9(3)16(10)12/h6-7H,4-5H2,1-3H3,(H,17,18). The number of carbonyl (C=O) groups is 1. The number of hydrogen-bond donors (Lipinski definition) is 1. The van der Waals surface area contributed by atoms with E-state index in [1.54, 1.807) is 0 Å². The molecule has 2 rings (SSSR count). The van der Waals surface area contributed by atoms with Crippen LogP contribution in [0.5, 0.6) is 0 Å². The highest BCUT2D eigenvalue weighted by molar-refractivity contribution is 5.66. The van der Waals surface area contributed by atoms with Gasteiger partial charge < -0.3 is 5.11 Å². The third kappa shape index (κ3) is 2.47. The zero-order valence-corrected chi connectivity index (χ0v) is 10.7. The predicted molar refractivity (Wildman–Crippen MR) is 65.4 cm³/mol. The van der Waals surface area contributed by atoms with Gasteiger partial charge in [0.05, 0.1) is 0 Å². The second-order valence-corrected chi connectivity index (χ2v) is 4.70. The van der Waals surface area contributed by atoms with Crippen molar-refractivity contribution >= 4 is 11.7 Å². The fourth-order valence-electron chi connectivity index (χ4n) is 2.11. The molecule has 1 atom stereocenters. The topological polar surface area (TPSA) is 80.4 Å². The van der Waals surface area contributed by atoms with Gasteiger partial charge in [0.1, 0.15) is 5.82 Å². The van der Waals surface area contributed by atoms with E-state index in [0.717, 1.165) is 17.2 Å². The molecule has 1 unspecified atom stereocenters. The van der Waals surface area contributed by atoms with Gasteiger partial charge in [0.25, 0.3) is 5.78 Å². The summed E-state index contributed by atoms with van der Waals surface area (Å²) in [6, 6.07) is 1.96. The van der Waals surface area contributed by atoms with Gasteiger partial charge in [0.2, 0.25) is 0 Å². The average molecular weight is 248 g/mol. The van der Waals surface area contributed by atoms with Crippen LogP contribution in [-0.2, 0) is 11.2 Å². The largest absolute Gasteiger partial charge is 0.481 e. The smallest absolute Gasteiger partial charge is 0.303 e. The van der Waals surface area contributed by atoms with Gasteiger partial charge in [-0.15, -0.1) is 10.2 Å². The van der Waals surface area contributed by atoms with E-state index < -0.39 is 5.97 Å². The molecule has 2 heterocycles. The van der Waals surface area contributed by atoms with E-state index in [-0.39, 0.29) is 12.3 Å². The number of hydrogen-bond acceptors (Lipinski definition) is 4. The number of aliphatic carboxylic acids is 1. The Morgan fingerprint density at radius 3 is 2.83 bits per heavy atom. The summed E-state index contributed by atoms with van der Waals surface area (Å²) in [5, 5.41) is 16.9. The lowest BCUT2D eigenvalue weighted by molar-refractivity contribution is -0.137. The van der Waals surface area contributed by atoms with Crippen LogP contribution in [0.4, 0.5) is 0 Å². The lowest BCUT2D eigenvalue weighted by Gasteiger charge is -2.08. The molecule has 0 aromatic carbocycles. The lowest BCUT2D eigenvalue weighted by atomic mass is 10.0. The summed E-state index contributed by atoms with van der Waals surface area (Å²) in [7, 11) is 0. The van der Waals surface area contributed by atoms with Crippen molar-refractivity contribution in [1.29, 1.82) is 0 Å². The van der Waals surface area contributed by atoms with Crippen LogP contribution in [0.2, 0.25) is 0 Å². The van der Waals surface area contributed by atoms with Crippen molar-refractivity contribution in [3.63, 3.8) is 0 Å². The van der Waals surface area contributed by atoms with Crippen LogP contribution in [-0.4, -0.2) is 30.7 Å². The van der Waals surface area contributed by atoms with Crippen molar-refractivity contribution in [2.75, 3.05) is 0 Å². The lowest BCUT2D eigenvalue weighted by Crippen LogP contribution is -2.10. The number of fused-ring (bicyclic) bond motifs is 1. The number of carboxylic acid groups (broad SMARTS) is 1. The molecule has 6 nitrogen and oxygen atoms in total. The summed E-state index contributed by atoms with van der Waals surface area (Å²) in [4.78, 5) is 15.0. The first-order valence-electron chi connectivity index (χ1n) is 5.87. The van der Waals surface area contributed by atoms with Gasteiger partial charge in [-0.05, 0) is 25.8 Å². The molecule has 1 N–H and O–H groups in total. The second kappa shape index (κ2) is 4.72. The van der Waals surface area contributed by atoms with Crippen molar-refractivity contribution in [2.45, 2.75) is 33.6 Å². The molecule has 0 aliphatic carbocycles. The molecule has 0 bridgehead atoms. The first kappa shape index (κ1) is 12.5. The van der Waals surface area contributed by atoms with Crippen LogP contribution in [0.1, 0.15) is 30.6 Å². The first-order chi connectivity index (χ1) is 8.47. The number of aromatic nitrogens is 4. The minimum absolute atomic E-state index is 0.0237. The summed E-state index contributed by atoms with van der Waals surface area (Å²) in [5.74, 6) is 0.575. The highest BCUT2D eigenvalue weighted by Gasteiger charge is 2.14. The number of carboxylic acids is 1.